The minimum Gasteiger partial charge on any atom is -0.348 e. The van der Waals surface area contributed by atoms with Gasteiger partial charge in [0.15, 0.2) is 0 Å². The zero-order valence-corrected chi connectivity index (χ0v) is 20.7. The summed E-state index contributed by atoms with van der Waals surface area (Å²) in [6.45, 7) is 1.76. The molecule has 0 unspecified atom stereocenters. The second kappa shape index (κ2) is 11.1. The third kappa shape index (κ3) is 6.65. The van der Waals surface area contributed by atoms with E-state index in [1.165, 1.54) is 28.6 Å². The zero-order valence-electron chi connectivity index (χ0n) is 17.5. The smallest absolute Gasteiger partial charge is 0.243 e. The molecular weight excluding hydrogens is 512 g/mol. The maximum atomic E-state index is 13.3. The van der Waals surface area contributed by atoms with Gasteiger partial charge in [-0.2, -0.15) is 4.31 Å². The lowest BCUT2D eigenvalue weighted by Crippen LogP contribution is -2.42. The number of nitrogens with zero attached hydrogens (tertiary/aromatic N) is 1. The summed E-state index contributed by atoms with van der Waals surface area (Å²) in [5.41, 5.74) is 1.92. The normalized spacial score (nSPS) is 12.5. The van der Waals surface area contributed by atoms with Gasteiger partial charge in [-0.15, -0.1) is 0 Å². The van der Waals surface area contributed by atoms with E-state index in [1.807, 2.05) is 61.5 Å². The molecule has 0 fully saturated rings. The lowest BCUT2D eigenvalue weighted by atomic mass is 10.1. The van der Waals surface area contributed by atoms with Crippen LogP contribution in [0.4, 0.5) is 0 Å². The van der Waals surface area contributed by atoms with Gasteiger partial charge in [0, 0.05) is 16.0 Å². The molecule has 1 amide bonds. The Balaban J connectivity index is 1.77. The molecule has 8 heteroatoms. The number of sulfonamides is 1. The molecule has 0 heterocycles. The van der Waals surface area contributed by atoms with Crippen LogP contribution in [0.3, 0.4) is 0 Å². The van der Waals surface area contributed by atoms with Gasteiger partial charge in [-0.25, -0.2) is 8.42 Å². The number of hydrogen-bond donors (Lipinski definition) is 1. The van der Waals surface area contributed by atoms with Gasteiger partial charge in [-0.1, -0.05) is 70.0 Å². The van der Waals surface area contributed by atoms with E-state index in [9.17, 15) is 13.2 Å². The second-order valence-corrected chi connectivity index (χ2v) is 10.7. The molecule has 0 spiro atoms. The van der Waals surface area contributed by atoms with E-state index in [0.717, 1.165) is 15.6 Å². The van der Waals surface area contributed by atoms with Gasteiger partial charge in [0.1, 0.15) is 0 Å². The standard InChI is InChI=1S/C24H24BrClN2O3S/c1-18(20-7-9-21(25)10-8-20)27-24(29)17-28(16-15-19-5-3-2-4-6-19)32(30,31)23-13-11-22(26)12-14-23/h2-14,18H,15-17H2,1H3,(H,27,29)/t18-/m1/s1. The quantitative estimate of drug-likeness (QED) is 0.409. The number of halogens is 2. The van der Waals surface area contributed by atoms with Crippen molar-refractivity contribution in [1.82, 2.24) is 9.62 Å². The van der Waals surface area contributed by atoms with Crippen LogP contribution in [0.5, 0.6) is 0 Å². The lowest BCUT2D eigenvalue weighted by molar-refractivity contribution is -0.121. The Kier molecular flexibility index (Phi) is 8.48. The molecule has 3 rings (SSSR count). The molecule has 0 aliphatic rings. The molecule has 32 heavy (non-hydrogen) atoms. The van der Waals surface area contributed by atoms with Crippen LogP contribution in [0, 0.1) is 0 Å². The summed E-state index contributed by atoms with van der Waals surface area (Å²) in [7, 11) is -3.88. The molecule has 1 atom stereocenters. The summed E-state index contributed by atoms with van der Waals surface area (Å²) in [5.74, 6) is -0.369. The molecule has 1 N–H and O–H groups in total. The van der Waals surface area contributed by atoms with Crippen LogP contribution >= 0.6 is 27.5 Å². The predicted molar refractivity (Wildman–Crippen MR) is 131 cm³/mol. The van der Waals surface area contributed by atoms with Crippen molar-refractivity contribution < 1.29 is 13.2 Å². The predicted octanol–water partition coefficient (Wildman–Crippen LogP) is 5.21. The topological polar surface area (TPSA) is 66.5 Å². The first-order valence-electron chi connectivity index (χ1n) is 10.1. The largest absolute Gasteiger partial charge is 0.348 e. The molecule has 0 bridgehead atoms. The molecule has 168 valence electrons. The van der Waals surface area contributed by atoms with Crippen LogP contribution in [-0.4, -0.2) is 31.7 Å². The van der Waals surface area contributed by atoms with E-state index >= 15 is 0 Å². The fourth-order valence-corrected chi connectivity index (χ4v) is 5.01. The van der Waals surface area contributed by atoms with Gasteiger partial charge in [0.05, 0.1) is 17.5 Å². The number of carbonyl (C=O) groups excluding carboxylic acids is 1. The highest BCUT2D eigenvalue weighted by Gasteiger charge is 2.27. The number of nitrogens with one attached hydrogen (secondary N) is 1. The summed E-state index contributed by atoms with van der Waals surface area (Å²) in [6.07, 6.45) is 0.489. The van der Waals surface area contributed by atoms with Crippen molar-refractivity contribution in [2.75, 3.05) is 13.1 Å². The highest BCUT2D eigenvalue weighted by atomic mass is 79.9. The summed E-state index contributed by atoms with van der Waals surface area (Å²) in [4.78, 5) is 12.9. The first kappa shape index (κ1) is 24.5. The van der Waals surface area contributed by atoms with Crippen molar-refractivity contribution in [2.45, 2.75) is 24.3 Å². The Bertz CT molecular complexity index is 1140. The molecule has 0 saturated heterocycles. The maximum absolute atomic E-state index is 13.3. The first-order valence-corrected chi connectivity index (χ1v) is 12.7. The average Bonchev–Trinajstić information content (AvgIpc) is 2.78. The molecule has 5 nitrogen and oxygen atoms in total. The molecule has 0 aliphatic carbocycles. The van der Waals surface area contributed by atoms with Gasteiger partial charge >= 0.3 is 0 Å². The van der Waals surface area contributed by atoms with E-state index in [0.29, 0.717) is 11.4 Å². The first-order chi connectivity index (χ1) is 15.3. The zero-order chi connectivity index (χ0) is 23.1. The van der Waals surface area contributed by atoms with Crippen molar-refractivity contribution in [2.24, 2.45) is 0 Å². The summed E-state index contributed by atoms with van der Waals surface area (Å²) >= 11 is 9.31. The summed E-state index contributed by atoms with van der Waals surface area (Å²) in [5, 5.41) is 3.34. The molecule has 0 aliphatic heterocycles. The summed E-state index contributed by atoms with van der Waals surface area (Å²) < 4.78 is 28.7. The maximum Gasteiger partial charge on any atom is 0.243 e. The number of hydrogen-bond acceptors (Lipinski definition) is 3. The number of carbonyl (C=O) groups is 1. The minimum absolute atomic E-state index is 0.101. The van der Waals surface area contributed by atoms with Crippen molar-refractivity contribution in [3.63, 3.8) is 0 Å². The number of amides is 1. The van der Waals surface area contributed by atoms with E-state index < -0.39 is 10.0 Å². The lowest BCUT2D eigenvalue weighted by Gasteiger charge is -2.23. The second-order valence-electron chi connectivity index (χ2n) is 7.37. The van der Waals surface area contributed by atoms with Crippen molar-refractivity contribution >= 4 is 43.5 Å². The molecule has 0 saturated carbocycles. The third-order valence-electron chi connectivity index (χ3n) is 5.01. The van der Waals surface area contributed by atoms with Crippen LogP contribution < -0.4 is 5.32 Å². The van der Waals surface area contributed by atoms with Gasteiger partial charge in [-0.05, 0) is 60.9 Å². The fraction of sp³-hybridized carbons (Fsp3) is 0.208. The number of rotatable bonds is 9. The third-order valence-corrected chi connectivity index (χ3v) is 7.65. The SMILES string of the molecule is C[C@@H](NC(=O)CN(CCc1ccccc1)S(=O)(=O)c1ccc(Cl)cc1)c1ccc(Br)cc1. The van der Waals surface area contributed by atoms with Gasteiger partial charge < -0.3 is 5.32 Å². The van der Waals surface area contributed by atoms with Crippen LogP contribution in [0.1, 0.15) is 24.1 Å². The van der Waals surface area contributed by atoms with Crippen LogP contribution in [0.15, 0.2) is 88.2 Å². The Hall–Kier alpha value is -2.19. The van der Waals surface area contributed by atoms with Crippen LogP contribution in [0.25, 0.3) is 0 Å². The van der Waals surface area contributed by atoms with Gasteiger partial charge in [0.2, 0.25) is 15.9 Å². The van der Waals surface area contributed by atoms with Gasteiger partial charge in [-0.3, -0.25) is 4.79 Å². The Morgan fingerprint density at radius 3 is 2.25 bits per heavy atom. The Morgan fingerprint density at radius 2 is 1.62 bits per heavy atom. The fourth-order valence-electron chi connectivity index (χ4n) is 3.22. The van der Waals surface area contributed by atoms with E-state index in [1.54, 1.807) is 0 Å². The van der Waals surface area contributed by atoms with Crippen molar-refractivity contribution in [3.05, 3.63) is 99.5 Å². The summed E-state index contributed by atoms with van der Waals surface area (Å²) in [6, 6.07) is 22.9. The Morgan fingerprint density at radius 1 is 1.00 bits per heavy atom. The highest BCUT2D eigenvalue weighted by Crippen LogP contribution is 2.20. The van der Waals surface area contributed by atoms with Crippen molar-refractivity contribution in [3.8, 4) is 0 Å². The van der Waals surface area contributed by atoms with Crippen LogP contribution in [0.2, 0.25) is 5.02 Å². The van der Waals surface area contributed by atoms with E-state index in [4.69, 9.17) is 11.6 Å². The van der Waals surface area contributed by atoms with E-state index in [-0.39, 0.29) is 29.9 Å². The number of benzene rings is 3. The van der Waals surface area contributed by atoms with Gasteiger partial charge in [0.25, 0.3) is 0 Å². The molecule has 3 aromatic rings. The monoisotopic (exact) mass is 534 g/mol. The Labute approximate surface area is 202 Å². The molecule has 3 aromatic carbocycles. The molecular formula is C24H24BrClN2O3S. The van der Waals surface area contributed by atoms with Crippen LogP contribution in [-0.2, 0) is 21.2 Å². The minimum atomic E-state index is -3.88. The average molecular weight is 536 g/mol. The highest BCUT2D eigenvalue weighted by molar-refractivity contribution is 9.10. The molecule has 0 aromatic heterocycles. The van der Waals surface area contributed by atoms with Crippen molar-refractivity contribution in [1.29, 1.82) is 0 Å². The van der Waals surface area contributed by atoms with E-state index in [2.05, 4.69) is 21.2 Å². The molecule has 0 radical (unpaired) electrons.